The van der Waals surface area contributed by atoms with E-state index in [2.05, 4.69) is 0 Å². The van der Waals surface area contributed by atoms with Gasteiger partial charge in [-0.1, -0.05) is 0 Å². The third-order valence-electron chi connectivity index (χ3n) is 3.48. The number of rotatable bonds is 4. The van der Waals surface area contributed by atoms with Crippen molar-refractivity contribution < 1.29 is 40.4 Å². The third-order valence-corrected chi connectivity index (χ3v) is 5.94. The average Bonchev–Trinajstić information content (AvgIpc) is 2.47. The molecular formula is C11H20O8S2. The molecule has 0 aromatic carbocycles. The topological polar surface area (TPSA) is 140 Å². The van der Waals surface area contributed by atoms with E-state index in [1.54, 1.807) is 0 Å². The molecule has 0 bridgehead atoms. The number of hydrogen-bond donors (Lipinski definition) is 6. The molecule has 2 saturated heterocycles. The molecular weight excluding hydrogens is 324 g/mol. The first-order valence-corrected chi connectivity index (χ1v) is 8.62. The summed E-state index contributed by atoms with van der Waals surface area (Å²) in [4.78, 5) is 10.2. The Kier molecular flexibility index (Phi) is 6.56. The predicted octanol–water partition coefficient (Wildman–Crippen LogP) is -2.71. The molecule has 2 rings (SSSR count). The second-order valence-corrected chi connectivity index (χ2v) is 7.46. The van der Waals surface area contributed by atoms with Gasteiger partial charge in [0.05, 0.1) is 18.0 Å². The molecule has 0 radical (unpaired) electrons. The molecule has 0 aliphatic carbocycles. The first-order valence-electron chi connectivity index (χ1n) is 6.52. The summed E-state index contributed by atoms with van der Waals surface area (Å²) in [5.74, 6) is 0.802. The van der Waals surface area contributed by atoms with Crippen LogP contribution >= 0.6 is 23.5 Å². The summed E-state index contributed by atoms with van der Waals surface area (Å²) in [5, 5.41) is 57.0. The molecule has 0 aromatic rings. The van der Waals surface area contributed by atoms with Crippen molar-refractivity contribution in [3.05, 3.63) is 0 Å². The SMILES string of the molecule is OCC1SC(O)C(O)C(O)C1OOC1CSCC(O)C1O. The molecule has 0 aromatic heterocycles. The van der Waals surface area contributed by atoms with Crippen molar-refractivity contribution in [2.75, 3.05) is 18.1 Å². The lowest BCUT2D eigenvalue weighted by molar-refractivity contribution is -0.377. The van der Waals surface area contributed by atoms with Gasteiger partial charge < -0.3 is 30.6 Å². The Morgan fingerprint density at radius 2 is 1.62 bits per heavy atom. The van der Waals surface area contributed by atoms with Crippen molar-refractivity contribution in [1.82, 2.24) is 0 Å². The van der Waals surface area contributed by atoms with E-state index in [4.69, 9.17) is 9.78 Å². The predicted molar refractivity (Wildman–Crippen MR) is 75.6 cm³/mol. The zero-order chi connectivity index (χ0) is 15.6. The van der Waals surface area contributed by atoms with Crippen LogP contribution < -0.4 is 0 Å². The van der Waals surface area contributed by atoms with Crippen molar-refractivity contribution in [2.45, 2.75) is 47.3 Å². The van der Waals surface area contributed by atoms with E-state index in [9.17, 15) is 30.6 Å². The summed E-state index contributed by atoms with van der Waals surface area (Å²) in [6, 6.07) is 0. The molecule has 2 heterocycles. The van der Waals surface area contributed by atoms with Gasteiger partial charge in [-0.05, 0) is 0 Å². The van der Waals surface area contributed by atoms with Gasteiger partial charge in [0, 0.05) is 11.5 Å². The van der Waals surface area contributed by atoms with Crippen LogP contribution in [0.25, 0.3) is 0 Å². The van der Waals surface area contributed by atoms with E-state index in [0.29, 0.717) is 11.5 Å². The van der Waals surface area contributed by atoms with Crippen LogP contribution in [0.4, 0.5) is 0 Å². The van der Waals surface area contributed by atoms with Crippen LogP contribution in [0.15, 0.2) is 0 Å². The Morgan fingerprint density at radius 3 is 2.29 bits per heavy atom. The van der Waals surface area contributed by atoms with E-state index in [1.807, 2.05) is 0 Å². The van der Waals surface area contributed by atoms with Crippen molar-refractivity contribution >= 4 is 23.5 Å². The maximum Gasteiger partial charge on any atom is 0.136 e. The zero-order valence-electron chi connectivity index (χ0n) is 11.1. The van der Waals surface area contributed by atoms with Gasteiger partial charge in [-0.3, -0.25) is 0 Å². The lowest BCUT2D eigenvalue weighted by Gasteiger charge is -2.39. The fraction of sp³-hybridized carbons (Fsp3) is 1.00. The fourth-order valence-electron chi connectivity index (χ4n) is 2.16. The van der Waals surface area contributed by atoms with Gasteiger partial charge in [0.1, 0.15) is 36.0 Å². The second-order valence-electron chi connectivity index (χ2n) is 5.02. The minimum Gasteiger partial charge on any atom is -0.395 e. The Hall–Kier alpha value is 0.380. The largest absolute Gasteiger partial charge is 0.395 e. The van der Waals surface area contributed by atoms with Crippen LogP contribution in [0, 0.1) is 0 Å². The summed E-state index contributed by atoms with van der Waals surface area (Å²) in [5.41, 5.74) is -1.23. The van der Waals surface area contributed by atoms with Gasteiger partial charge in [-0.25, -0.2) is 9.78 Å². The number of aliphatic hydroxyl groups is 6. The molecule has 8 unspecified atom stereocenters. The normalized spacial score (nSPS) is 48.3. The van der Waals surface area contributed by atoms with Gasteiger partial charge in [0.2, 0.25) is 0 Å². The highest BCUT2D eigenvalue weighted by atomic mass is 32.2. The second kappa shape index (κ2) is 7.77. The van der Waals surface area contributed by atoms with Crippen LogP contribution in [0.1, 0.15) is 0 Å². The first kappa shape index (κ1) is 17.7. The Bertz CT molecular complexity index is 333. The summed E-state index contributed by atoms with van der Waals surface area (Å²) >= 11 is 2.26. The lowest BCUT2D eigenvalue weighted by atomic mass is 10.0. The molecule has 2 fully saturated rings. The van der Waals surface area contributed by atoms with Crippen molar-refractivity contribution in [1.29, 1.82) is 0 Å². The molecule has 8 nitrogen and oxygen atoms in total. The number of hydrogen-bond acceptors (Lipinski definition) is 10. The zero-order valence-corrected chi connectivity index (χ0v) is 12.7. The molecule has 2 aliphatic heterocycles. The highest BCUT2D eigenvalue weighted by Gasteiger charge is 2.45. The molecule has 2 aliphatic rings. The number of aliphatic hydroxyl groups excluding tert-OH is 6. The van der Waals surface area contributed by atoms with E-state index >= 15 is 0 Å². The summed E-state index contributed by atoms with van der Waals surface area (Å²) in [6.07, 6.45) is -6.74. The molecule has 8 atom stereocenters. The summed E-state index contributed by atoms with van der Waals surface area (Å²) in [6.45, 7) is -0.385. The smallest absolute Gasteiger partial charge is 0.136 e. The Balaban J connectivity index is 1.93. The molecule has 0 saturated carbocycles. The molecule has 10 heteroatoms. The highest BCUT2D eigenvalue weighted by Crippen LogP contribution is 2.33. The number of thioether (sulfide) groups is 2. The third kappa shape index (κ3) is 4.02. The maximum absolute atomic E-state index is 9.90. The van der Waals surface area contributed by atoms with Crippen molar-refractivity contribution in [3.8, 4) is 0 Å². The van der Waals surface area contributed by atoms with Gasteiger partial charge in [-0.15, -0.1) is 11.8 Å². The van der Waals surface area contributed by atoms with Crippen LogP contribution in [0.5, 0.6) is 0 Å². The van der Waals surface area contributed by atoms with Crippen molar-refractivity contribution in [3.63, 3.8) is 0 Å². The van der Waals surface area contributed by atoms with Crippen molar-refractivity contribution in [2.24, 2.45) is 0 Å². The summed E-state index contributed by atoms with van der Waals surface area (Å²) < 4.78 is 0. The van der Waals surface area contributed by atoms with E-state index in [-0.39, 0.29) is 6.61 Å². The van der Waals surface area contributed by atoms with E-state index < -0.39 is 47.3 Å². The first-order chi connectivity index (χ1) is 9.95. The summed E-state index contributed by atoms with van der Waals surface area (Å²) in [7, 11) is 0. The minimum absolute atomic E-state index is 0.385. The van der Waals surface area contributed by atoms with Crippen LogP contribution in [-0.2, 0) is 9.78 Å². The van der Waals surface area contributed by atoms with Crippen LogP contribution in [0.2, 0.25) is 0 Å². The van der Waals surface area contributed by atoms with E-state index in [1.165, 1.54) is 11.8 Å². The quantitative estimate of drug-likeness (QED) is 0.236. The molecule has 6 N–H and O–H groups in total. The van der Waals surface area contributed by atoms with Gasteiger partial charge in [-0.2, -0.15) is 11.8 Å². The Labute approximate surface area is 130 Å². The monoisotopic (exact) mass is 344 g/mol. The minimum atomic E-state index is -1.43. The van der Waals surface area contributed by atoms with Gasteiger partial charge in [0.15, 0.2) is 0 Å². The highest BCUT2D eigenvalue weighted by molar-refractivity contribution is 8.00. The molecule has 21 heavy (non-hydrogen) atoms. The fourth-order valence-corrected chi connectivity index (χ4v) is 4.34. The molecule has 124 valence electrons. The van der Waals surface area contributed by atoms with Crippen LogP contribution in [0.3, 0.4) is 0 Å². The molecule has 0 amide bonds. The maximum atomic E-state index is 9.90. The van der Waals surface area contributed by atoms with E-state index in [0.717, 1.165) is 11.8 Å². The standard InChI is InChI=1S/C11H20O8S2/c12-1-6-10(8(15)9(16)11(17)21-6)19-18-5-3-20-2-4(13)7(5)14/h4-17H,1-3H2. The molecule has 0 spiro atoms. The van der Waals surface area contributed by atoms with Gasteiger partial charge in [0.25, 0.3) is 0 Å². The Morgan fingerprint density at radius 1 is 0.905 bits per heavy atom. The van der Waals surface area contributed by atoms with Crippen LogP contribution in [-0.4, -0.2) is 96.1 Å². The average molecular weight is 344 g/mol. The van der Waals surface area contributed by atoms with Gasteiger partial charge >= 0.3 is 0 Å². The lowest BCUT2D eigenvalue weighted by Crippen LogP contribution is -2.56.